The SMILES string of the molecule is CC[C@H](C)NC(=O)c1ccccc1NC(=O)CN(c1cccc(C)c1C)S(=O)(=O)c1ccc(C)cc1. The van der Waals surface area contributed by atoms with Crippen LogP contribution in [0.3, 0.4) is 0 Å². The summed E-state index contributed by atoms with van der Waals surface area (Å²) in [5, 5.41) is 5.64. The van der Waals surface area contributed by atoms with Crippen molar-refractivity contribution >= 4 is 33.2 Å². The van der Waals surface area contributed by atoms with Crippen LogP contribution in [0.5, 0.6) is 0 Å². The van der Waals surface area contributed by atoms with Gasteiger partial charge in [0.2, 0.25) is 5.91 Å². The molecule has 3 aromatic rings. The van der Waals surface area contributed by atoms with Gasteiger partial charge in [-0.2, -0.15) is 0 Å². The van der Waals surface area contributed by atoms with Gasteiger partial charge in [0.1, 0.15) is 6.54 Å². The predicted molar refractivity (Wildman–Crippen MR) is 144 cm³/mol. The van der Waals surface area contributed by atoms with E-state index in [4.69, 9.17) is 0 Å². The average Bonchev–Trinajstić information content (AvgIpc) is 2.85. The minimum atomic E-state index is -4.05. The summed E-state index contributed by atoms with van der Waals surface area (Å²) in [7, 11) is -4.05. The highest BCUT2D eigenvalue weighted by molar-refractivity contribution is 7.92. The fourth-order valence-corrected chi connectivity index (χ4v) is 5.14. The molecular formula is C28H33N3O4S. The van der Waals surface area contributed by atoms with E-state index in [9.17, 15) is 18.0 Å². The molecule has 3 aromatic carbocycles. The van der Waals surface area contributed by atoms with Crippen LogP contribution in [0.25, 0.3) is 0 Å². The lowest BCUT2D eigenvalue weighted by atomic mass is 10.1. The van der Waals surface area contributed by atoms with E-state index in [0.29, 0.717) is 16.9 Å². The molecule has 8 heteroatoms. The molecule has 0 aliphatic heterocycles. The van der Waals surface area contributed by atoms with E-state index in [1.165, 1.54) is 12.1 Å². The molecule has 0 heterocycles. The predicted octanol–water partition coefficient (Wildman–Crippen LogP) is 4.97. The summed E-state index contributed by atoms with van der Waals surface area (Å²) in [6.07, 6.45) is 0.766. The van der Waals surface area contributed by atoms with Crippen molar-refractivity contribution < 1.29 is 18.0 Å². The van der Waals surface area contributed by atoms with Gasteiger partial charge >= 0.3 is 0 Å². The maximum atomic E-state index is 13.7. The van der Waals surface area contributed by atoms with Gasteiger partial charge in [-0.25, -0.2) is 8.42 Å². The van der Waals surface area contributed by atoms with Crippen molar-refractivity contribution in [3.8, 4) is 0 Å². The van der Waals surface area contributed by atoms with Crippen molar-refractivity contribution in [2.45, 2.75) is 52.0 Å². The van der Waals surface area contributed by atoms with Crippen molar-refractivity contribution in [3.63, 3.8) is 0 Å². The summed E-state index contributed by atoms with van der Waals surface area (Å²) < 4.78 is 28.5. The summed E-state index contributed by atoms with van der Waals surface area (Å²) in [4.78, 5) is 26.1. The number of benzene rings is 3. The van der Waals surface area contributed by atoms with Gasteiger partial charge in [-0.1, -0.05) is 48.9 Å². The number of sulfonamides is 1. The molecule has 0 aliphatic carbocycles. The fourth-order valence-electron chi connectivity index (χ4n) is 3.66. The van der Waals surface area contributed by atoms with Gasteiger partial charge in [0, 0.05) is 6.04 Å². The van der Waals surface area contributed by atoms with Crippen LogP contribution in [0.2, 0.25) is 0 Å². The molecule has 36 heavy (non-hydrogen) atoms. The number of carbonyl (C=O) groups excluding carboxylic acids is 2. The number of anilines is 2. The Hall–Kier alpha value is -3.65. The number of carbonyl (C=O) groups is 2. The largest absolute Gasteiger partial charge is 0.350 e. The van der Waals surface area contributed by atoms with Gasteiger partial charge < -0.3 is 10.6 Å². The molecule has 0 spiro atoms. The summed E-state index contributed by atoms with van der Waals surface area (Å²) in [6.45, 7) is 9.01. The van der Waals surface area contributed by atoms with Crippen molar-refractivity contribution in [2.24, 2.45) is 0 Å². The Morgan fingerprint density at radius 2 is 1.58 bits per heavy atom. The van der Waals surface area contributed by atoms with Gasteiger partial charge in [-0.05, 0) is 75.6 Å². The summed E-state index contributed by atoms with van der Waals surface area (Å²) >= 11 is 0. The third kappa shape index (κ3) is 6.12. The first-order valence-corrected chi connectivity index (χ1v) is 13.3. The lowest BCUT2D eigenvalue weighted by Crippen LogP contribution is -2.39. The van der Waals surface area contributed by atoms with E-state index >= 15 is 0 Å². The van der Waals surface area contributed by atoms with Crippen LogP contribution in [0.1, 0.15) is 47.3 Å². The second-order valence-corrected chi connectivity index (χ2v) is 10.8. The molecule has 190 valence electrons. The Morgan fingerprint density at radius 1 is 0.917 bits per heavy atom. The third-order valence-electron chi connectivity index (χ3n) is 6.18. The van der Waals surface area contributed by atoms with Gasteiger partial charge in [0.15, 0.2) is 0 Å². The van der Waals surface area contributed by atoms with Crippen LogP contribution in [-0.4, -0.2) is 32.8 Å². The lowest BCUT2D eigenvalue weighted by molar-refractivity contribution is -0.114. The summed E-state index contributed by atoms with van der Waals surface area (Å²) in [6, 6.07) is 18.5. The molecular weight excluding hydrogens is 474 g/mol. The van der Waals surface area contributed by atoms with E-state index in [1.54, 1.807) is 48.5 Å². The van der Waals surface area contributed by atoms with E-state index in [-0.39, 0.29) is 16.8 Å². The lowest BCUT2D eigenvalue weighted by Gasteiger charge is -2.26. The van der Waals surface area contributed by atoms with Gasteiger partial charge in [0.25, 0.3) is 15.9 Å². The maximum absolute atomic E-state index is 13.7. The van der Waals surface area contributed by atoms with Gasteiger partial charge in [0.05, 0.1) is 21.8 Å². The van der Waals surface area contributed by atoms with Crippen LogP contribution in [0.4, 0.5) is 11.4 Å². The standard InChI is InChI=1S/C28H33N3O4S/c1-6-21(4)29-28(33)24-11-7-8-12-25(24)30-27(32)18-31(26-13-9-10-20(3)22(26)5)36(34,35)23-16-14-19(2)15-17-23/h7-17,21H,6,18H2,1-5H3,(H,29,33)(H,30,32)/t21-/m0/s1. The van der Waals surface area contributed by atoms with Gasteiger partial charge in [-0.3, -0.25) is 13.9 Å². The second kappa shape index (κ2) is 11.4. The quantitative estimate of drug-likeness (QED) is 0.427. The Bertz CT molecular complexity index is 1350. The monoisotopic (exact) mass is 507 g/mol. The molecule has 0 fully saturated rings. The normalized spacial score (nSPS) is 12.0. The Balaban J connectivity index is 1.96. The molecule has 0 aliphatic rings. The van der Waals surface area contributed by atoms with Gasteiger partial charge in [-0.15, -0.1) is 0 Å². The van der Waals surface area contributed by atoms with Crippen LogP contribution in [0, 0.1) is 20.8 Å². The Kier molecular flexibility index (Phi) is 8.53. The second-order valence-electron chi connectivity index (χ2n) is 8.92. The minimum absolute atomic E-state index is 0.0271. The molecule has 0 saturated heterocycles. The molecule has 0 aromatic heterocycles. The Labute approximate surface area is 213 Å². The number of aryl methyl sites for hydroxylation is 2. The van der Waals surface area contributed by atoms with E-state index in [0.717, 1.165) is 27.4 Å². The average molecular weight is 508 g/mol. The van der Waals surface area contributed by atoms with Crippen LogP contribution >= 0.6 is 0 Å². The third-order valence-corrected chi connectivity index (χ3v) is 7.95. The van der Waals surface area contributed by atoms with E-state index in [2.05, 4.69) is 10.6 Å². The smallest absolute Gasteiger partial charge is 0.264 e. The summed E-state index contributed by atoms with van der Waals surface area (Å²) in [5.41, 5.74) is 3.65. The molecule has 2 amide bonds. The van der Waals surface area contributed by atoms with Crippen molar-refractivity contribution in [3.05, 3.63) is 89.0 Å². The molecule has 7 nitrogen and oxygen atoms in total. The zero-order chi connectivity index (χ0) is 26.5. The van der Waals surface area contributed by atoms with Crippen molar-refractivity contribution in [2.75, 3.05) is 16.2 Å². The molecule has 3 rings (SSSR count). The topological polar surface area (TPSA) is 95.6 Å². The first-order valence-electron chi connectivity index (χ1n) is 11.9. The first-order chi connectivity index (χ1) is 17.0. The molecule has 0 radical (unpaired) electrons. The Morgan fingerprint density at radius 3 is 2.25 bits per heavy atom. The fraction of sp³-hybridized carbons (Fsp3) is 0.286. The number of nitrogens with zero attached hydrogens (tertiary/aromatic N) is 1. The zero-order valence-corrected chi connectivity index (χ0v) is 22.1. The highest BCUT2D eigenvalue weighted by Crippen LogP contribution is 2.29. The molecule has 0 bridgehead atoms. The number of amides is 2. The summed E-state index contributed by atoms with van der Waals surface area (Å²) in [5.74, 6) is -0.866. The minimum Gasteiger partial charge on any atom is -0.350 e. The number of hydrogen-bond donors (Lipinski definition) is 2. The van der Waals surface area contributed by atoms with Crippen molar-refractivity contribution in [1.29, 1.82) is 0 Å². The van der Waals surface area contributed by atoms with Crippen LogP contribution in [0.15, 0.2) is 71.6 Å². The number of rotatable bonds is 9. The van der Waals surface area contributed by atoms with E-state index < -0.39 is 22.5 Å². The highest BCUT2D eigenvalue weighted by atomic mass is 32.2. The molecule has 0 saturated carbocycles. The van der Waals surface area contributed by atoms with E-state index in [1.807, 2.05) is 40.7 Å². The highest BCUT2D eigenvalue weighted by Gasteiger charge is 2.29. The van der Waals surface area contributed by atoms with Crippen LogP contribution in [-0.2, 0) is 14.8 Å². The maximum Gasteiger partial charge on any atom is 0.264 e. The van der Waals surface area contributed by atoms with Crippen molar-refractivity contribution in [1.82, 2.24) is 5.32 Å². The number of nitrogens with one attached hydrogen (secondary N) is 2. The molecule has 0 unspecified atom stereocenters. The van der Waals surface area contributed by atoms with Crippen LogP contribution < -0.4 is 14.9 Å². The molecule has 2 N–H and O–H groups in total. The molecule has 1 atom stereocenters. The zero-order valence-electron chi connectivity index (χ0n) is 21.3. The first kappa shape index (κ1) is 26.9. The number of para-hydroxylation sites is 1. The number of hydrogen-bond acceptors (Lipinski definition) is 4.